The maximum absolute atomic E-state index is 12.3. The highest BCUT2D eigenvalue weighted by Crippen LogP contribution is 2.13. The van der Waals surface area contributed by atoms with Crippen molar-refractivity contribution in [3.63, 3.8) is 0 Å². The molecule has 6 heteroatoms. The molecule has 0 aliphatic rings. The summed E-state index contributed by atoms with van der Waals surface area (Å²) in [7, 11) is 0. The molecule has 20 heavy (non-hydrogen) atoms. The lowest BCUT2D eigenvalue weighted by Gasteiger charge is -2.25. The summed E-state index contributed by atoms with van der Waals surface area (Å²) in [6.45, 7) is 5.58. The molecule has 0 aliphatic carbocycles. The highest BCUT2D eigenvalue weighted by molar-refractivity contribution is 5.83. The highest BCUT2D eigenvalue weighted by Gasteiger charge is 2.31. The molecule has 0 radical (unpaired) electrons. The zero-order valence-corrected chi connectivity index (χ0v) is 11.9. The zero-order valence-electron chi connectivity index (χ0n) is 11.9. The number of nitrogens with one attached hydrogen (secondary N) is 1. The number of amides is 1. The first-order chi connectivity index (χ1) is 9.50. The van der Waals surface area contributed by atoms with Gasteiger partial charge in [0.1, 0.15) is 18.2 Å². The molecule has 0 saturated carbocycles. The third-order valence-corrected chi connectivity index (χ3v) is 3.17. The lowest BCUT2D eigenvalue weighted by molar-refractivity contribution is -0.129. The number of carbonyl (C=O) groups is 1. The molecule has 2 rings (SSSR count). The Balaban J connectivity index is 1.97. The van der Waals surface area contributed by atoms with Crippen LogP contribution in [0.25, 0.3) is 0 Å². The lowest BCUT2D eigenvalue weighted by Crippen LogP contribution is -2.48. The van der Waals surface area contributed by atoms with E-state index in [2.05, 4.69) is 20.4 Å². The molecule has 0 aliphatic heterocycles. The lowest BCUT2D eigenvalue weighted by atomic mass is 10.0. The molecule has 2 aromatic heterocycles. The van der Waals surface area contributed by atoms with Crippen molar-refractivity contribution in [2.75, 3.05) is 0 Å². The van der Waals surface area contributed by atoms with Gasteiger partial charge in [0.2, 0.25) is 5.91 Å². The van der Waals surface area contributed by atoms with Crippen molar-refractivity contribution in [3.05, 3.63) is 42.7 Å². The van der Waals surface area contributed by atoms with E-state index in [1.807, 2.05) is 39.0 Å². The largest absolute Gasteiger partial charge is 0.351 e. The fourth-order valence-electron chi connectivity index (χ4n) is 1.88. The van der Waals surface area contributed by atoms with Gasteiger partial charge in [0.25, 0.3) is 0 Å². The Morgan fingerprint density at radius 3 is 2.85 bits per heavy atom. The van der Waals surface area contributed by atoms with Crippen LogP contribution in [0.2, 0.25) is 0 Å². The second kappa shape index (κ2) is 5.81. The minimum Gasteiger partial charge on any atom is -0.351 e. The summed E-state index contributed by atoms with van der Waals surface area (Å²) < 4.78 is 1.55. The van der Waals surface area contributed by atoms with Gasteiger partial charge in [0, 0.05) is 24.4 Å². The van der Waals surface area contributed by atoms with Crippen LogP contribution in [0.1, 0.15) is 26.5 Å². The fraction of sp³-hybridized carbons (Fsp3) is 0.429. The molecule has 0 unspecified atom stereocenters. The Labute approximate surface area is 118 Å². The topological polar surface area (TPSA) is 72.7 Å². The molecule has 0 spiro atoms. The summed E-state index contributed by atoms with van der Waals surface area (Å²) in [6.07, 6.45) is 5.42. The second-order valence-corrected chi connectivity index (χ2v) is 5.30. The maximum atomic E-state index is 12.3. The van der Waals surface area contributed by atoms with Gasteiger partial charge in [0.05, 0.1) is 0 Å². The minimum atomic E-state index is -0.769. The third kappa shape index (κ3) is 3.20. The molecule has 2 aromatic rings. The number of rotatable bonds is 5. The van der Waals surface area contributed by atoms with Gasteiger partial charge in [0.15, 0.2) is 0 Å². The third-order valence-electron chi connectivity index (χ3n) is 3.17. The van der Waals surface area contributed by atoms with E-state index in [0.717, 1.165) is 5.69 Å². The van der Waals surface area contributed by atoms with Crippen molar-refractivity contribution >= 4 is 5.91 Å². The van der Waals surface area contributed by atoms with Crippen LogP contribution in [0.3, 0.4) is 0 Å². The van der Waals surface area contributed by atoms with E-state index in [4.69, 9.17) is 0 Å². The quantitative estimate of drug-likeness (QED) is 0.887. The van der Waals surface area contributed by atoms with Crippen LogP contribution in [0.5, 0.6) is 0 Å². The normalized spacial score (nSPS) is 12.9. The number of nitrogens with zero attached hydrogens (tertiary/aromatic N) is 4. The van der Waals surface area contributed by atoms with Crippen LogP contribution in [0, 0.1) is 0 Å². The number of carbonyl (C=O) groups excluding carboxylic acids is 1. The fourth-order valence-corrected chi connectivity index (χ4v) is 1.88. The molecule has 1 N–H and O–H groups in total. The van der Waals surface area contributed by atoms with E-state index in [-0.39, 0.29) is 11.9 Å². The Morgan fingerprint density at radius 2 is 2.25 bits per heavy atom. The molecule has 0 bridgehead atoms. The molecule has 0 aromatic carbocycles. The monoisotopic (exact) mass is 273 g/mol. The first-order valence-electron chi connectivity index (χ1n) is 6.56. The van der Waals surface area contributed by atoms with Gasteiger partial charge in [-0.2, -0.15) is 5.10 Å². The zero-order chi connectivity index (χ0) is 14.6. The Morgan fingerprint density at radius 1 is 1.45 bits per heavy atom. The van der Waals surface area contributed by atoms with Gasteiger partial charge >= 0.3 is 0 Å². The van der Waals surface area contributed by atoms with Crippen molar-refractivity contribution in [1.82, 2.24) is 25.1 Å². The number of hydrogen-bond acceptors (Lipinski definition) is 4. The van der Waals surface area contributed by atoms with Crippen molar-refractivity contribution < 1.29 is 4.79 Å². The summed E-state index contributed by atoms with van der Waals surface area (Å²) in [6, 6.07) is 5.77. The van der Waals surface area contributed by atoms with E-state index in [0.29, 0.717) is 6.42 Å². The molecule has 0 saturated heterocycles. The van der Waals surface area contributed by atoms with Gasteiger partial charge in [-0.15, -0.1) is 0 Å². The minimum absolute atomic E-state index is 0.000182. The van der Waals surface area contributed by atoms with E-state index in [9.17, 15) is 4.79 Å². The average Bonchev–Trinajstić information content (AvgIpc) is 2.94. The summed E-state index contributed by atoms with van der Waals surface area (Å²) in [4.78, 5) is 20.5. The van der Waals surface area contributed by atoms with Crippen molar-refractivity contribution in [2.45, 2.75) is 38.8 Å². The summed E-state index contributed by atoms with van der Waals surface area (Å²) in [5.74, 6) is -0.0913. The summed E-state index contributed by atoms with van der Waals surface area (Å²) >= 11 is 0. The average molecular weight is 273 g/mol. The van der Waals surface area contributed by atoms with Gasteiger partial charge < -0.3 is 5.32 Å². The summed E-state index contributed by atoms with van der Waals surface area (Å²) in [5, 5.41) is 7.02. The van der Waals surface area contributed by atoms with Gasteiger partial charge in [-0.1, -0.05) is 6.07 Å². The molecule has 106 valence electrons. The van der Waals surface area contributed by atoms with Gasteiger partial charge in [-0.3, -0.25) is 9.78 Å². The van der Waals surface area contributed by atoms with E-state index in [1.54, 1.807) is 17.2 Å². The van der Waals surface area contributed by atoms with Crippen LogP contribution < -0.4 is 5.32 Å². The predicted octanol–water partition coefficient (Wildman–Crippen LogP) is 1.16. The Hall–Kier alpha value is -2.24. The van der Waals surface area contributed by atoms with E-state index >= 15 is 0 Å². The Kier molecular flexibility index (Phi) is 4.12. The number of pyridine rings is 1. The maximum Gasteiger partial charge on any atom is 0.247 e. The SMILES string of the molecule is C[C@H](Cc1ccccn1)NC(=O)C(C)(C)n1cncn1. The second-order valence-electron chi connectivity index (χ2n) is 5.30. The smallest absolute Gasteiger partial charge is 0.247 e. The molecule has 6 nitrogen and oxygen atoms in total. The first-order valence-corrected chi connectivity index (χ1v) is 6.56. The van der Waals surface area contributed by atoms with Crippen molar-refractivity contribution in [1.29, 1.82) is 0 Å². The molecule has 1 atom stereocenters. The van der Waals surface area contributed by atoms with Crippen LogP contribution in [0.15, 0.2) is 37.1 Å². The molecule has 1 amide bonds. The molecule has 2 heterocycles. The van der Waals surface area contributed by atoms with Crippen LogP contribution in [-0.2, 0) is 16.8 Å². The first kappa shape index (κ1) is 14.2. The van der Waals surface area contributed by atoms with Crippen LogP contribution >= 0.6 is 0 Å². The highest BCUT2D eigenvalue weighted by atomic mass is 16.2. The standard InChI is InChI=1S/C14H19N5O/c1-11(8-12-6-4-5-7-16-12)18-13(20)14(2,3)19-10-15-9-17-19/h4-7,9-11H,8H2,1-3H3,(H,18,20)/t11-/m1/s1. The number of hydrogen-bond donors (Lipinski definition) is 1. The Bertz CT molecular complexity index is 550. The molecular weight excluding hydrogens is 254 g/mol. The van der Waals surface area contributed by atoms with E-state index in [1.165, 1.54) is 6.33 Å². The van der Waals surface area contributed by atoms with Crippen LogP contribution in [0.4, 0.5) is 0 Å². The van der Waals surface area contributed by atoms with Gasteiger partial charge in [-0.25, -0.2) is 9.67 Å². The van der Waals surface area contributed by atoms with Crippen LogP contribution in [-0.4, -0.2) is 31.7 Å². The van der Waals surface area contributed by atoms with E-state index < -0.39 is 5.54 Å². The predicted molar refractivity (Wildman–Crippen MR) is 74.9 cm³/mol. The molecule has 0 fully saturated rings. The molecular formula is C14H19N5O. The van der Waals surface area contributed by atoms with Gasteiger partial charge in [-0.05, 0) is 32.9 Å². The number of aromatic nitrogens is 4. The van der Waals surface area contributed by atoms with Crippen molar-refractivity contribution in [2.24, 2.45) is 0 Å². The summed E-state index contributed by atoms with van der Waals surface area (Å²) in [5.41, 5.74) is 0.188. The van der Waals surface area contributed by atoms with Crippen molar-refractivity contribution in [3.8, 4) is 0 Å².